The van der Waals surface area contributed by atoms with Crippen LogP contribution in [0.15, 0.2) is 36.9 Å². The quantitative estimate of drug-likeness (QED) is 0.806. The molecule has 1 saturated heterocycles. The second-order valence-corrected chi connectivity index (χ2v) is 6.58. The van der Waals surface area contributed by atoms with Crippen LogP contribution in [0.25, 0.3) is 0 Å². The molecule has 2 heterocycles. The van der Waals surface area contributed by atoms with Crippen molar-refractivity contribution in [3.05, 3.63) is 42.7 Å². The first-order valence-corrected chi connectivity index (χ1v) is 8.61. The van der Waals surface area contributed by atoms with E-state index in [-0.39, 0.29) is 17.6 Å². The molecule has 1 aliphatic rings. The smallest absolute Gasteiger partial charge is 0.227 e. The number of halogens is 1. The van der Waals surface area contributed by atoms with Gasteiger partial charge in [-0.15, -0.1) is 0 Å². The fraction of sp³-hybridized carbons (Fsp3) is 0.500. The summed E-state index contributed by atoms with van der Waals surface area (Å²) < 4.78 is 20.4. The molecule has 1 aliphatic heterocycles. The number of nitrogens with zero attached hydrogens (tertiary/aromatic N) is 4. The number of rotatable bonds is 6. The largest absolute Gasteiger partial charge is 0.493 e. The molecule has 0 N–H and O–H groups in total. The van der Waals surface area contributed by atoms with E-state index in [0.717, 1.165) is 19.4 Å². The van der Waals surface area contributed by atoms with Gasteiger partial charge in [-0.2, -0.15) is 5.10 Å². The van der Waals surface area contributed by atoms with Crippen LogP contribution in [0.2, 0.25) is 0 Å². The van der Waals surface area contributed by atoms with Crippen LogP contribution in [0, 0.1) is 17.7 Å². The highest BCUT2D eigenvalue weighted by Gasteiger charge is 2.27. The minimum Gasteiger partial charge on any atom is -0.493 e. The third-order valence-corrected chi connectivity index (χ3v) is 4.48. The Kier molecular flexibility index (Phi) is 5.63. The first-order valence-electron chi connectivity index (χ1n) is 8.61. The number of amides is 1. The summed E-state index contributed by atoms with van der Waals surface area (Å²) in [6, 6.07) is 6.03. The predicted molar refractivity (Wildman–Crippen MR) is 90.4 cm³/mol. The van der Waals surface area contributed by atoms with E-state index >= 15 is 0 Å². The summed E-state index contributed by atoms with van der Waals surface area (Å²) in [6.07, 6.45) is 5.10. The molecule has 2 aromatic rings. The molecule has 2 atom stereocenters. The monoisotopic (exact) mass is 346 g/mol. The zero-order chi connectivity index (χ0) is 17.6. The SMILES string of the molecule is C[C@@H](Cn1cncn1)C(=O)N1CCC[C@H](COc2ccc(F)cc2)C1. The van der Waals surface area contributed by atoms with Crippen molar-refractivity contribution in [2.24, 2.45) is 11.8 Å². The molecule has 0 spiro atoms. The fourth-order valence-electron chi connectivity index (χ4n) is 3.14. The molecule has 0 radical (unpaired) electrons. The summed E-state index contributed by atoms with van der Waals surface area (Å²) in [4.78, 5) is 18.5. The van der Waals surface area contributed by atoms with Gasteiger partial charge in [-0.05, 0) is 37.1 Å². The number of carbonyl (C=O) groups is 1. The Balaban J connectivity index is 1.49. The lowest BCUT2D eigenvalue weighted by Gasteiger charge is -2.34. The molecular weight excluding hydrogens is 323 g/mol. The highest BCUT2D eigenvalue weighted by Crippen LogP contribution is 2.21. The second-order valence-electron chi connectivity index (χ2n) is 6.58. The van der Waals surface area contributed by atoms with E-state index in [1.165, 1.54) is 18.5 Å². The van der Waals surface area contributed by atoms with Crippen LogP contribution in [-0.4, -0.2) is 45.3 Å². The Labute approximate surface area is 146 Å². The van der Waals surface area contributed by atoms with E-state index in [1.807, 2.05) is 11.8 Å². The van der Waals surface area contributed by atoms with Crippen molar-refractivity contribution in [2.45, 2.75) is 26.3 Å². The molecule has 7 heteroatoms. The van der Waals surface area contributed by atoms with Gasteiger partial charge in [0.25, 0.3) is 0 Å². The van der Waals surface area contributed by atoms with E-state index < -0.39 is 0 Å². The van der Waals surface area contributed by atoms with Crippen molar-refractivity contribution in [2.75, 3.05) is 19.7 Å². The number of aromatic nitrogens is 3. The number of likely N-dealkylation sites (tertiary alicyclic amines) is 1. The van der Waals surface area contributed by atoms with Gasteiger partial charge in [-0.25, -0.2) is 9.37 Å². The Hall–Kier alpha value is -2.44. The van der Waals surface area contributed by atoms with Gasteiger partial charge in [0.15, 0.2) is 0 Å². The summed E-state index contributed by atoms with van der Waals surface area (Å²) in [7, 11) is 0. The highest BCUT2D eigenvalue weighted by molar-refractivity contribution is 5.78. The van der Waals surface area contributed by atoms with Crippen molar-refractivity contribution in [3.63, 3.8) is 0 Å². The van der Waals surface area contributed by atoms with Crippen LogP contribution < -0.4 is 4.74 Å². The van der Waals surface area contributed by atoms with Gasteiger partial charge in [-0.3, -0.25) is 9.48 Å². The van der Waals surface area contributed by atoms with Crippen molar-refractivity contribution < 1.29 is 13.9 Å². The van der Waals surface area contributed by atoms with Crippen LogP contribution >= 0.6 is 0 Å². The van der Waals surface area contributed by atoms with Crippen LogP contribution in [0.4, 0.5) is 4.39 Å². The molecule has 3 rings (SSSR count). The topological polar surface area (TPSA) is 60.2 Å². The van der Waals surface area contributed by atoms with Crippen molar-refractivity contribution >= 4 is 5.91 Å². The Morgan fingerprint density at radius 2 is 2.20 bits per heavy atom. The summed E-state index contributed by atoms with van der Waals surface area (Å²) in [5, 5.41) is 4.06. The van der Waals surface area contributed by atoms with Crippen molar-refractivity contribution in [1.29, 1.82) is 0 Å². The summed E-state index contributed by atoms with van der Waals surface area (Å²) >= 11 is 0. The van der Waals surface area contributed by atoms with Crippen molar-refractivity contribution in [1.82, 2.24) is 19.7 Å². The number of piperidine rings is 1. The van der Waals surface area contributed by atoms with E-state index in [2.05, 4.69) is 10.1 Å². The van der Waals surface area contributed by atoms with Crippen molar-refractivity contribution in [3.8, 4) is 5.75 Å². The van der Waals surface area contributed by atoms with Crippen LogP contribution in [0.5, 0.6) is 5.75 Å². The number of benzene rings is 1. The summed E-state index contributed by atoms with van der Waals surface area (Å²) in [5.41, 5.74) is 0. The maximum absolute atomic E-state index is 12.9. The van der Waals surface area contributed by atoms with E-state index in [4.69, 9.17) is 4.74 Å². The molecular formula is C18H23FN4O2. The third-order valence-electron chi connectivity index (χ3n) is 4.48. The standard InChI is InChI=1S/C18H23FN4O2/c1-14(9-23-13-20-12-21-23)18(24)22-8-2-3-15(10-22)11-25-17-6-4-16(19)5-7-17/h4-7,12-15H,2-3,8-11H2,1H3/t14-,15-/m0/s1. The molecule has 0 bridgehead atoms. The van der Waals surface area contributed by atoms with Gasteiger partial charge < -0.3 is 9.64 Å². The Morgan fingerprint density at radius 1 is 1.40 bits per heavy atom. The Bertz CT molecular complexity index is 675. The van der Waals surface area contributed by atoms with E-state index in [1.54, 1.807) is 23.1 Å². The Morgan fingerprint density at radius 3 is 2.92 bits per heavy atom. The molecule has 134 valence electrons. The number of hydrogen-bond donors (Lipinski definition) is 0. The summed E-state index contributed by atoms with van der Waals surface area (Å²) in [6.45, 7) is 4.47. The number of hydrogen-bond acceptors (Lipinski definition) is 4. The zero-order valence-electron chi connectivity index (χ0n) is 14.3. The van der Waals surface area contributed by atoms with Gasteiger partial charge in [0, 0.05) is 19.0 Å². The average molecular weight is 346 g/mol. The molecule has 1 amide bonds. The lowest BCUT2D eigenvalue weighted by atomic mass is 9.97. The van der Waals surface area contributed by atoms with Crippen LogP contribution in [0.3, 0.4) is 0 Å². The van der Waals surface area contributed by atoms with E-state index in [0.29, 0.717) is 31.4 Å². The molecule has 6 nitrogen and oxygen atoms in total. The van der Waals surface area contributed by atoms with Gasteiger partial charge in [0.2, 0.25) is 5.91 Å². The maximum Gasteiger partial charge on any atom is 0.227 e. The maximum atomic E-state index is 12.9. The first-order chi connectivity index (χ1) is 12.1. The predicted octanol–water partition coefficient (Wildman–Crippen LogP) is 2.37. The number of ether oxygens (including phenoxy) is 1. The lowest BCUT2D eigenvalue weighted by Crippen LogP contribution is -2.44. The van der Waals surface area contributed by atoms with Crippen LogP contribution in [-0.2, 0) is 11.3 Å². The number of carbonyl (C=O) groups excluding carboxylic acids is 1. The molecule has 1 aromatic carbocycles. The molecule has 0 unspecified atom stereocenters. The lowest BCUT2D eigenvalue weighted by molar-refractivity contribution is -0.137. The minimum absolute atomic E-state index is 0.140. The molecule has 0 aliphatic carbocycles. The second kappa shape index (κ2) is 8.09. The molecule has 25 heavy (non-hydrogen) atoms. The third kappa shape index (κ3) is 4.78. The molecule has 1 fully saturated rings. The molecule has 1 aromatic heterocycles. The first kappa shape index (κ1) is 17.4. The van der Waals surface area contributed by atoms with Crippen LogP contribution in [0.1, 0.15) is 19.8 Å². The highest BCUT2D eigenvalue weighted by atomic mass is 19.1. The average Bonchev–Trinajstić information content (AvgIpc) is 3.14. The molecule has 0 saturated carbocycles. The normalized spacial score (nSPS) is 18.8. The minimum atomic E-state index is -0.275. The van der Waals surface area contributed by atoms with E-state index in [9.17, 15) is 9.18 Å². The van der Waals surface area contributed by atoms with Gasteiger partial charge in [0.1, 0.15) is 24.2 Å². The van der Waals surface area contributed by atoms with Gasteiger partial charge in [0.05, 0.1) is 19.1 Å². The van der Waals surface area contributed by atoms with Gasteiger partial charge >= 0.3 is 0 Å². The van der Waals surface area contributed by atoms with Gasteiger partial charge in [-0.1, -0.05) is 6.92 Å². The summed E-state index contributed by atoms with van der Waals surface area (Å²) in [5.74, 6) is 0.675. The fourth-order valence-corrected chi connectivity index (χ4v) is 3.14. The zero-order valence-corrected chi connectivity index (χ0v) is 14.3.